The molecule has 8 heteroatoms. The van der Waals surface area contributed by atoms with Crippen molar-refractivity contribution >= 4 is 35.2 Å². The Kier molecular flexibility index (Phi) is 3.38. The Hall–Kier alpha value is -2.35. The molecule has 2 aromatic rings. The number of aromatic amines is 1. The predicted molar refractivity (Wildman–Crippen MR) is 74.5 cm³/mol. The highest BCUT2D eigenvalue weighted by molar-refractivity contribution is 8.00. The molecule has 0 saturated carbocycles. The number of thioether (sulfide) groups is 1. The van der Waals surface area contributed by atoms with E-state index in [-0.39, 0.29) is 24.3 Å². The monoisotopic (exact) mass is 289 g/mol. The molecule has 0 atom stereocenters. The maximum atomic E-state index is 12.0. The van der Waals surface area contributed by atoms with Gasteiger partial charge in [0.05, 0.1) is 11.4 Å². The summed E-state index contributed by atoms with van der Waals surface area (Å²) >= 11 is 1.48. The second-order valence-electron chi connectivity index (χ2n) is 4.12. The Morgan fingerprint density at radius 2 is 2.30 bits per heavy atom. The minimum absolute atomic E-state index is 0.0445. The number of hydrogen-bond acceptors (Lipinski definition) is 5. The minimum atomic E-state index is -0.322. The van der Waals surface area contributed by atoms with Gasteiger partial charge in [0.2, 0.25) is 17.8 Å². The molecule has 1 aliphatic heterocycles. The molecular weight excluding hydrogens is 278 g/mol. The van der Waals surface area contributed by atoms with Crippen molar-refractivity contribution in [2.24, 2.45) is 0 Å². The third-order valence-electron chi connectivity index (χ3n) is 2.78. The van der Waals surface area contributed by atoms with Crippen LogP contribution in [0, 0.1) is 0 Å². The smallest absolute Gasteiger partial charge is 0.246 e. The Morgan fingerprint density at radius 3 is 3.10 bits per heavy atom. The summed E-state index contributed by atoms with van der Waals surface area (Å²) in [5.74, 6) is 0.201. The second-order valence-corrected chi connectivity index (χ2v) is 5.14. The van der Waals surface area contributed by atoms with Gasteiger partial charge in [-0.2, -0.15) is 10.1 Å². The summed E-state index contributed by atoms with van der Waals surface area (Å²) in [7, 11) is 0. The van der Waals surface area contributed by atoms with Crippen molar-refractivity contribution in [1.29, 1.82) is 0 Å². The summed E-state index contributed by atoms with van der Waals surface area (Å²) < 4.78 is 0. The van der Waals surface area contributed by atoms with Crippen LogP contribution in [0.5, 0.6) is 0 Å². The first-order chi connectivity index (χ1) is 9.74. The van der Waals surface area contributed by atoms with Gasteiger partial charge in [-0.1, -0.05) is 12.1 Å². The highest BCUT2D eigenvalue weighted by atomic mass is 32.2. The lowest BCUT2D eigenvalue weighted by Gasteiger charge is -2.28. The van der Waals surface area contributed by atoms with Crippen LogP contribution in [0.2, 0.25) is 0 Å². The Morgan fingerprint density at radius 1 is 1.45 bits per heavy atom. The quantitative estimate of drug-likeness (QED) is 0.875. The van der Waals surface area contributed by atoms with Crippen molar-refractivity contribution in [2.45, 2.75) is 4.90 Å². The minimum Gasteiger partial charge on any atom is -0.301 e. The number of fused-ring (bicyclic) bond motifs is 1. The largest absolute Gasteiger partial charge is 0.301 e. The molecule has 0 bridgehead atoms. The number of nitrogens with zero attached hydrogens (tertiary/aromatic N) is 3. The number of amides is 2. The average molecular weight is 289 g/mol. The maximum absolute atomic E-state index is 12.0. The SMILES string of the molecule is O=C(CN1C(=O)CSc2ccccc21)Nc1ncn[nH]1. The van der Waals surface area contributed by atoms with E-state index in [4.69, 9.17) is 0 Å². The molecule has 7 nitrogen and oxygen atoms in total. The van der Waals surface area contributed by atoms with Gasteiger partial charge in [-0.25, -0.2) is 5.10 Å². The zero-order chi connectivity index (χ0) is 13.9. The number of hydrogen-bond donors (Lipinski definition) is 2. The fourth-order valence-electron chi connectivity index (χ4n) is 1.91. The summed E-state index contributed by atoms with van der Waals surface area (Å²) in [4.78, 5) is 30.2. The first kappa shape index (κ1) is 12.7. The zero-order valence-electron chi connectivity index (χ0n) is 10.4. The van der Waals surface area contributed by atoms with E-state index in [1.54, 1.807) is 0 Å². The molecule has 0 radical (unpaired) electrons. The Balaban J connectivity index is 1.76. The van der Waals surface area contributed by atoms with Gasteiger partial charge in [-0.15, -0.1) is 11.8 Å². The molecule has 2 N–H and O–H groups in total. The molecule has 0 unspecified atom stereocenters. The molecule has 102 valence electrons. The first-order valence-corrected chi connectivity index (χ1v) is 6.90. The molecule has 3 rings (SSSR count). The van der Waals surface area contributed by atoms with E-state index in [9.17, 15) is 9.59 Å². The van der Waals surface area contributed by atoms with E-state index in [0.717, 1.165) is 10.6 Å². The van der Waals surface area contributed by atoms with Crippen molar-refractivity contribution in [2.75, 3.05) is 22.5 Å². The lowest BCUT2D eigenvalue weighted by molar-refractivity contribution is -0.120. The van der Waals surface area contributed by atoms with E-state index in [1.165, 1.54) is 23.0 Å². The van der Waals surface area contributed by atoms with Gasteiger partial charge in [-0.05, 0) is 12.1 Å². The fourth-order valence-corrected chi connectivity index (χ4v) is 2.84. The van der Waals surface area contributed by atoms with E-state index in [2.05, 4.69) is 20.5 Å². The van der Waals surface area contributed by atoms with Gasteiger partial charge in [0.15, 0.2) is 0 Å². The third-order valence-corrected chi connectivity index (χ3v) is 3.83. The number of rotatable bonds is 3. The van der Waals surface area contributed by atoms with Crippen LogP contribution in [0.25, 0.3) is 0 Å². The lowest BCUT2D eigenvalue weighted by atomic mass is 10.2. The third kappa shape index (κ3) is 2.50. The maximum Gasteiger partial charge on any atom is 0.246 e. The number of anilines is 2. The summed E-state index contributed by atoms with van der Waals surface area (Å²) in [5, 5.41) is 8.73. The normalized spacial score (nSPS) is 14.0. The lowest BCUT2D eigenvalue weighted by Crippen LogP contribution is -2.41. The Labute approximate surface area is 118 Å². The van der Waals surface area contributed by atoms with Crippen LogP contribution in [0.4, 0.5) is 11.6 Å². The fraction of sp³-hybridized carbons (Fsp3) is 0.167. The van der Waals surface area contributed by atoms with Crippen molar-refractivity contribution < 1.29 is 9.59 Å². The van der Waals surface area contributed by atoms with Gasteiger partial charge < -0.3 is 4.90 Å². The highest BCUT2D eigenvalue weighted by Crippen LogP contribution is 2.34. The van der Waals surface area contributed by atoms with Crippen molar-refractivity contribution in [3.63, 3.8) is 0 Å². The summed E-state index contributed by atoms with van der Waals surface area (Å²) in [6.07, 6.45) is 1.30. The first-order valence-electron chi connectivity index (χ1n) is 5.91. The van der Waals surface area contributed by atoms with Gasteiger partial charge in [0.25, 0.3) is 0 Å². The second kappa shape index (κ2) is 5.33. The van der Waals surface area contributed by atoms with Crippen LogP contribution in [-0.4, -0.2) is 39.3 Å². The molecule has 0 saturated heterocycles. The number of H-pyrrole nitrogens is 1. The molecular formula is C12H11N5O2S. The standard InChI is InChI=1S/C12H11N5O2S/c18-10(15-12-13-7-14-16-12)5-17-8-3-1-2-4-9(8)20-6-11(17)19/h1-4,7H,5-6H2,(H2,13,14,15,16,18). The van der Waals surface area contributed by atoms with Crippen molar-refractivity contribution in [3.05, 3.63) is 30.6 Å². The van der Waals surface area contributed by atoms with Gasteiger partial charge in [-0.3, -0.25) is 14.9 Å². The molecule has 1 aliphatic rings. The molecule has 0 fully saturated rings. The molecule has 2 amide bonds. The van der Waals surface area contributed by atoms with Crippen molar-refractivity contribution in [1.82, 2.24) is 15.2 Å². The molecule has 0 spiro atoms. The van der Waals surface area contributed by atoms with E-state index >= 15 is 0 Å². The number of carbonyl (C=O) groups excluding carboxylic acids is 2. The van der Waals surface area contributed by atoms with Crippen LogP contribution in [0.3, 0.4) is 0 Å². The Bertz CT molecular complexity index is 643. The molecule has 0 aliphatic carbocycles. The number of nitrogens with one attached hydrogen (secondary N) is 2. The number of carbonyl (C=O) groups is 2. The zero-order valence-corrected chi connectivity index (χ0v) is 11.2. The van der Waals surface area contributed by atoms with E-state index in [0.29, 0.717) is 5.75 Å². The van der Waals surface area contributed by atoms with Crippen LogP contribution >= 0.6 is 11.8 Å². The van der Waals surface area contributed by atoms with Crippen LogP contribution in [0.1, 0.15) is 0 Å². The summed E-state index contributed by atoms with van der Waals surface area (Å²) in [6, 6.07) is 7.53. The van der Waals surface area contributed by atoms with Gasteiger partial charge >= 0.3 is 0 Å². The summed E-state index contributed by atoms with van der Waals surface area (Å²) in [5.41, 5.74) is 0.765. The number of para-hydroxylation sites is 1. The van der Waals surface area contributed by atoms with E-state index < -0.39 is 0 Å². The van der Waals surface area contributed by atoms with Crippen LogP contribution < -0.4 is 10.2 Å². The predicted octanol–water partition coefficient (Wildman–Crippen LogP) is 0.882. The number of aromatic nitrogens is 3. The van der Waals surface area contributed by atoms with Crippen LogP contribution in [-0.2, 0) is 9.59 Å². The van der Waals surface area contributed by atoms with Crippen LogP contribution in [0.15, 0.2) is 35.5 Å². The molecule has 1 aromatic heterocycles. The molecule has 2 heterocycles. The molecule has 1 aromatic carbocycles. The highest BCUT2D eigenvalue weighted by Gasteiger charge is 2.26. The van der Waals surface area contributed by atoms with E-state index in [1.807, 2.05) is 24.3 Å². The number of benzene rings is 1. The topological polar surface area (TPSA) is 91.0 Å². The molecule has 20 heavy (non-hydrogen) atoms. The van der Waals surface area contributed by atoms with Gasteiger partial charge in [0, 0.05) is 4.90 Å². The average Bonchev–Trinajstić information content (AvgIpc) is 2.95. The van der Waals surface area contributed by atoms with Crippen molar-refractivity contribution in [3.8, 4) is 0 Å². The van der Waals surface area contributed by atoms with Gasteiger partial charge in [0.1, 0.15) is 12.9 Å². The summed E-state index contributed by atoms with van der Waals surface area (Å²) in [6.45, 7) is -0.0445.